The second-order valence-electron chi connectivity index (χ2n) is 4.83. The van der Waals surface area contributed by atoms with Crippen LogP contribution in [0, 0.1) is 10.1 Å². The highest BCUT2D eigenvalue weighted by molar-refractivity contribution is 6.30. The minimum Gasteiger partial charge on any atom is -0.507 e. The van der Waals surface area contributed by atoms with Gasteiger partial charge in [0.05, 0.1) is 11.0 Å². The lowest BCUT2D eigenvalue weighted by Crippen LogP contribution is -2.06. The lowest BCUT2D eigenvalue weighted by molar-refractivity contribution is -0.384. The molecule has 7 nitrogen and oxygen atoms in total. The molecule has 0 radical (unpaired) electrons. The van der Waals surface area contributed by atoms with Crippen molar-refractivity contribution in [2.75, 3.05) is 0 Å². The molecule has 120 valence electrons. The molecule has 1 N–H and O–H groups in total. The molecule has 0 bridgehead atoms. The molecule has 1 heterocycles. The number of nitro groups is 1. The summed E-state index contributed by atoms with van der Waals surface area (Å²) in [5.41, 5.74) is -0.441. The Morgan fingerprint density at radius 1 is 1.25 bits per heavy atom. The van der Waals surface area contributed by atoms with Gasteiger partial charge in [-0.2, -0.15) is 0 Å². The Balaban J connectivity index is 2.06. The summed E-state index contributed by atoms with van der Waals surface area (Å²) < 4.78 is 5.04. The number of halogens is 1. The van der Waals surface area contributed by atoms with Crippen LogP contribution in [0.15, 0.2) is 51.7 Å². The largest absolute Gasteiger partial charge is 0.507 e. The van der Waals surface area contributed by atoms with Crippen LogP contribution in [0.2, 0.25) is 5.02 Å². The van der Waals surface area contributed by atoms with Crippen molar-refractivity contribution in [1.82, 2.24) is 4.98 Å². The Morgan fingerprint density at radius 2 is 1.96 bits per heavy atom. The number of fused-ring (bicyclic) bond motifs is 1. The average molecular weight is 345 g/mol. The van der Waals surface area contributed by atoms with Crippen LogP contribution < -0.4 is 5.63 Å². The van der Waals surface area contributed by atoms with Crippen LogP contribution in [-0.2, 0) is 0 Å². The maximum atomic E-state index is 12.0. The maximum Gasteiger partial charge on any atom is 0.362 e. The number of aromatic nitrogens is 1. The number of rotatable bonds is 3. The van der Waals surface area contributed by atoms with E-state index < -0.39 is 10.5 Å². The number of nitrogens with zero attached hydrogens (tertiary/aromatic N) is 2. The maximum absolute atomic E-state index is 12.0. The van der Waals surface area contributed by atoms with Crippen LogP contribution in [0.1, 0.15) is 11.3 Å². The van der Waals surface area contributed by atoms with Gasteiger partial charge < -0.3 is 9.52 Å². The average Bonchev–Trinajstić information content (AvgIpc) is 2.55. The molecule has 0 fully saturated rings. The molecule has 3 aromatic rings. The predicted octanol–water partition coefficient (Wildman–Crippen LogP) is 3.81. The van der Waals surface area contributed by atoms with E-state index in [0.717, 1.165) is 12.1 Å². The minimum absolute atomic E-state index is 0.00247. The standard InChI is InChI=1S/C16H9ClN2O5/c17-10-3-1-9(2-4-10)14(20)8-13-16(21)24-15-7-11(19(22)23)5-6-12(15)18-13/h1-8,20H. The Labute approximate surface area is 139 Å². The summed E-state index contributed by atoms with van der Waals surface area (Å²) in [6.45, 7) is 0. The Morgan fingerprint density at radius 3 is 2.62 bits per heavy atom. The summed E-state index contributed by atoms with van der Waals surface area (Å²) >= 11 is 5.78. The molecule has 0 aliphatic rings. The van der Waals surface area contributed by atoms with Gasteiger partial charge >= 0.3 is 5.63 Å². The molecule has 24 heavy (non-hydrogen) atoms. The highest BCUT2D eigenvalue weighted by atomic mass is 35.5. The molecule has 2 aromatic carbocycles. The van der Waals surface area contributed by atoms with E-state index in [2.05, 4.69) is 4.98 Å². The first kappa shape index (κ1) is 15.7. The molecular formula is C16H9ClN2O5. The van der Waals surface area contributed by atoms with E-state index >= 15 is 0 Å². The number of hydrogen-bond acceptors (Lipinski definition) is 6. The fourth-order valence-electron chi connectivity index (χ4n) is 2.04. The van der Waals surface area contributed by atoms with E-state index in [9.17, 15) is 20.0 Å². The van der Waals surface area contributed by atoms with Gasteiger partial charge in [-0.1, -0.05) is 11.6 Å². The van der Waals surface area contributed by atoms with E-state index in [-0.39, 0.29) is 28.2 Å². The number of nitro benzene ring substituents is 1. The second kappa shape index (κ2) is 6.13. The van der Waals surface area contributed by atoms with Gasteiger partial charge in [-0.05, 0) is 30.3 Å². The predicted molar refractivity (Wildman–Crippen MR) is 88.9 cm³/mol. The quantitative estimate of drug-likeness (QED) is 0.440. The Hall–Kier alpha value is -3.19. The minimum atomic E-state index is -0.816. The van der Waals surface area contributed by atoms with Gasteiger partial charge in [-0.15, -0.1) is 0 Å². The van der Waals surface area contributed by atoms with Gasteiger partial charge in [0.2, 0.25) is 0 Å². The van der Waals surface area contributed by atoms with Crippen LogP contribution in [-0.4, -0.2) is 15.0 Å². The molecule has 0 saturated carbocycles. The van der Waals surface area contributed by atoms with E-state index in [1.54, 1.807) is 24.3 Å². The fraction of sp³-hybridized carbons (Fsp3) is 0. The summed E-state index contributed by atoms with van der Waals surface area (Å²) in [4.78, 5) is 26.2. The second-order valence-corrected chi connectivity index (χ2v) is 5.27. The summed E-state index contributed by atoms with van der Waals surface area (Å²) in [5.74, 6) is -0.187. The highest BCUT2D eigenvalue weighted by Gasteiger charge is 2.12. The zero-order valence-electron chi connectivity index (χ0n) is 12.0. The molecule has 0 atom stereocenters. The van der Waals surface area contributed by atoms with Crippen LogP contribution in [0.25, 0.3) is 22.9 Å². The van der Waals surface area contributed by atoms with Crippen molar-refractivity contribution in [3.05, 3.63) is 79.3 Å². The van der Waals surface area contributed by atoms with Crippen molar-refractivity contribution in [1.29, 1.82) is 0 Å². The van der Waals surface area contributed by atoms with Crippen molar-refractivity contribution in [2.45, 2.75) is 0 Å². The molecule has 1 aromatic heterocycles. The third kappa shape index (κ3) is 3.11. The van der Waals surface area contributed by atoms with Crippen molar-refractivity contribution >= 4 is 40.2 Å². The van der Waals surface area contributed by atoms with Gasteiger partial charge in [0.25, 0.3) is 5.69 Å². The van der Waals surface area contributed by atoms with Crippen molar-refractivity contribution in [3.63, 3.8) is 0 Å². The number of aliphatic hydroxyl groups excluding tert-OH is 1. The molecule has 0 aliphatic heterocycles. The van der Waals surface area contributed by atoms with Gasteiger partial charge in [-0.25, -0.2) is 9.78 Å². The van der Waals surface area contributed by atoms with Gasteiger partial charge in [0.15, 0.2) is 11.3 Å². The van der Waals surface area contributed by atoms with E-state index in [0.29, 0.717) is 10.6 Å². The SMILES string of the molecule is O=c1oc2cc([N+](=O)[O-])ccc2nc1C=C(O)c1ccc(Cl)cc1. The summed E-state index contributed by atoms with van der Waals surface area (Å²) in [6.07, 6.45) is 1.16. The third-order valence-corrected chi connectivity index (χ3v) is 3.47. The van der Waals surface area contributed by atoms with E-state index in [1.165, 1.54) is 12.1 Å². The molecule has 0 saturated heterocycles. The van der Waals surface area contributed by atoms with Crippen LogP contribution in [0.3, 0.4) is 0 Å². The molecule has 0 aliphatic carbocycles. The molecule has 0 unspecified atom stereocenters. The lowest BCUT2D eigenvalue weighted by atomic mass is 10.1. The smallest absolute Gasteiger partial charge is 0.362 e. The lowest BCUT2D eigenvalue weighted by Gasteiger charge is -2.01. The van der Waals surface area contributed by atoms with Gasteiger partial charge in [0.1, 0.15) is 11.3 Å². The summed E-state index contributed by atoms with van der Waals surface area (Å²) in [6, 6.07) is 10.1. The van der Waals surface area contributed by atoms with Crippen LogP contribution in [0.5, 0.6) is 0 Å². The van der Waals surface area contributed by atoms with Crippen molar-refractivity contribution < 1.29 is 14.4 Å². The van der Waals surface area contributed by atoms with E-state index in [4.69, 9.17) is 16.0 Å². The third-order valence-electron chi connectivity index (χ3n) is 3.22. The van der Waals surface area contributed by atoms with Crippen LogP contribution >= 0.6 is 11.6 Å². The topological polar surface area (TPSA) is 106 Å². The number of non-ortho nitro benzene ring substituents is 1. The first-order chi connectivity index (χ1) is 11.4. The molecule has 0 amide bonds. The normalized spacial score (nSPS) is 11.6. The first-order valence-electron chi connectivity index (χ1n) is 6.70. The number of aliphatic hydroxyl groups is 1. The van der Waals surface area contributed by atoms with Gasteiger partial charge in [0, 0.05) is 22.7 Å². The first-order valence-corrected chi connectivity index (χ1v) is 7.08. The zero-order chi connectivity index (χ0) is 17.3. The molecule has 0 spiro atoms. The molecular weight excluding hydrogens is 336 g/mol. The Kier molecular flexibility index (Phi) is 4.01. The molecule has 8 heteroatoms. The zero-order valence-corrected chi connectivity index (χ0v) is 12.7. The number of benzene rings is 2. The monoisotopic (exact) mass is 344 g/mol. The van der Waals surface area contributed by atoms with Gasteiger partial charge in [-0.3, -0.25) is 10.1 Å². The van der Waals surface area contributed by atoms with Crippen LogP contribution in [0.4, 0.5) is 5.69 Å². The van der Waals surface area contributed by atoms with Crippen molar-refractivity contribution in [3.8, 4) is 0 Å². The molecule has 3 rings (SSSR count). The number of hydrogen-bond donors (Lipinski definition) is 1. The van der Waals surface area contributed by atoms with Crippen molar-refractivity contribution in [2.24, 2.45) is 0 Å². The Bertz CT molecular complexity index is 1020. The highest BCUT2D eigenvalue weighted by Crippen LogP contribution is 2.20. The fourth-order valence-corrected chi connectivity index (χ4v) is 2.17. The van der Waals surface area contributed by atoms with E-state index in [1.807, 2.05) is 0 Å². The summed E-state index contributed by atoms with van der Waals surface area (Å²) in [7, 11) is 0. The summed E-state index contributed by atoms with van der Waals surface area (Å²) in [5, 5.41) is 21.3.